The van der Waals surface area contributed by atoms with Crippen molar-refractivity contribution in [1.82, 2.24) is 9.97 Å². The Morgan fingerprint density at radius 1 is 1.03 bits per heavy atom. The lowest BCUT2D eigenvalue weighted by Gasteiger charge is -2.23. The van der Waals surface area contributed by atoms with Crippen molar-refractivity contribution in [1.29, 1.82) is 0 Å². The van der Waals surface area contributed by atoms with Crippen molar-refractivity contribution >= 4 is 28.3 Å². The number of fused-ring (bicyclic) bond motifs is 1. The highest BCUT2D eigenvalue weighted by molar-refractivity contribution is 6.31. The minimum absolute atomic E-state index is 0.0991. The Hall–Kier alpha value is -3.39. The summed E-state index contributed by atoms with van der Waals surface area (Å²) in [6.07, 6.45) is -1.79. The number of benzene rings is 2. The second kappa shape index (κ2) is 8.27. The van der Waals surface area contributed by atoms with Gasteiger partial charge in [-0.1, -0.05) is 35.9 Å². The van der Waals surface area contributed by atoms with Gasteiger partial charge >= 0.3 is 6.18 Å². The first-order valence-electron chi connectivity index (χ1n) is 9.47. The first kappa shape index (κ1) is 21.8. The molecule has 4 nitrogen and oxygen atoms in total. The fourth-order valence-electron chi connectivity index (χ4n) is 3.40. The summed E-state index contributed by atoms with van der Waals surface area (Å²) >= 11 is 6.02. The zero-order valence-corrected chi connectivity index (χ0v) is 17.3. The summed E-state index contributed by atoms with van der Waals surface area (Å²) in [4.78, 5) is 8.33. The fourth-order valence-corrected chi connectivity index (χ4v) is 3.51. The van der Waals surface area contributed by atoms with E-state index in [9.17, 15) is 22.7 Å². The predicted molar refractivity (Wildman–Crippen MR) is 114 cm³/mol. The number of alkyl halides is 3. The molecule has 0 radical (unpaired) electrons. The number of aryl methyl sites for hydroxylation is 1. The second-order valence-corrected chi connectivity index (χ2v) is 7.62. The van der Waals surface area contributed by atoms with E-state index >= 15 is 0 Å². The van der Waals surface area contributed by atoms with Gasteiger partial charge in [-0.2, -0.15) is 13.2 Å². The Bertz CT molecular complexity index is 1310. The van der Waals surface area contributed by atoms with E-state index in [0.29, 0.717) is 27.9 Å². The summed E-state index contributed by atoms with van der Waals surface area (Å²) in [6.45, 7) is 1.75. The third-order valence-corrected chi connectivity index (χ3v) is 5.46. The highest BCUT2D eigenvalue weighted by atomic mass is 35.5. The normalized spacial score (nSPS) is 12.7. The number of halogens is 5. The summed E-state index contributed by atoms with van der Waals surface area (Å²) in [5, 5.41) is 15.0. The standard InChI is InChI=1S/C23H16ClF4N3O/c1-12-9-19(30-11-17(12)24)31-21(15-7-5-14(10-18(15)25)23(26,27)28)16-6-4-13-3-2-8-29-20(13)22(16)32/h2-11,21,32H,1H3,(H,30,31). The minimum atomic E-state index is -4.69. The summed E-state index contributed by atoms with van der Waals surface area (Å²) in [5.74, 6) is -0.995. The largest absolute Gasteiger partial charge is 0.505 e. The molecule has 0 saturated heterocycles. The van der Waals surface area contributed by atoms with Gasteiger partial charge in [0.05, 0.1) is 16.6 Å². The minimum Gasteiger partial charge on any atom is -0.505 e. The molecule has 0 aliphatic heterocycles. The molecule has 0 bridgehead atoms. The van der Waals surface area contributed by atoms with E-state index in [1.807, 2.05) is 0 Å². The van der Waals surface area contributed by atoms with Crippen LogP contribution in [0.2, 0.25) is 5.02 Å². The Balaban J connectivity index is 1.87. The van der Waals surface area contributed by atoms with E-state index in [2.05, 4.69) is 15.3 Å². The van der Waals surface area contributed by atoms with E-state index < -0.39 is 23.6 Å². The Morgan fingerprint density at radius 2 is 1.78 bits per heavy atom. The van der Waals surface area contributed by atoms with Crippen LogP contribution in [0.4, 0.5) is 23.4 Å². The summed E-state index contributed by atoms with van der Waals surface area (Å²) in [7, 11) is 0. The number of aromatic hydroxyl groups is 1. The first-order chi connectivity index (χ1) is 15.1. The highest BCUT2D eigenvalue weighted by Gasteiger charge is 2.32. The summed E-state index contributed by atoms with van der Waals surface area (Å²) < 4.78 is 54.0. The maximum Gasteiger partial charge on any atom is 0.416 e. The van der Waals surface area contributed by atoms with Crippen molar-refractivity contribution in [2.45, 2.75) is 19.1 Å². The third kappa shape index (κ3) is 4.18. The van der Waals surface area contributed by atoms with E-state index in [-0.39, 0.29) is 22.4 Å². The third-order valence-electron chi connectivity index (χ3n) is 5.07. The van der Waals surface area contributed by atoms with Crippen molar-refractivity contribution in [2.75, 3.05) is 5.32 Å². The van der Waals surface area contributed by atoms with E-state index in [1.54, 1.807) is 37.3 Å². The van der Waals surface area contributed by atoms with Crippen molar-refractivity contribution in [2.24, 2.45) is 0 Å². The summed E-state index contributed by atoms with van der Waals surface area (Å²) in [6, 6.07) is 9.53. The molecule has 2 heterocycles. The molecule has 0 amide bonds. The molecule has 2 N–H and O–H groups in total. The van der Waals surface area contributed by atoms with Gasteiger partial charge in [0, 0.05) is 28.9 Å². The quantitative estimate of drug-likeness (QED) is 0.334. The molecule has 1 unspecified atom stereocenters. The zero-order chi connectivity index (χ0) is 23.0. The van der Waals surface area contributed by atoms with E-state index in [0.717, 1.165) is 12.1 Å². The van der Waals surface area contributed by atoms with Crippen LogP contribution >= 0.6 is 11.6 Å². The number of hydrogen-bond acceptors (Lipinski definition) is 4. The smallest absolute Gasteiger partial charge is 0.416 e. The average molecular weight is 462 g/mol. The monoisotopic (exact) mass is 461 g/mol. The number of nitrogens with one attached hydrogen (secondary N) is 1. The van der Waals surface area contributed by atoms with Crippen LogP contribution in [0.5, 0.6) is 5.75 Å². The van der Waals surface area contributed by atoms with E-state index in [1.165, 1.54) is 12.4 Å². The zero-order valence-electron chi connectivity index (χ0n) is 16.6. The molecule has 32 heavy (non-hydrogen) atoms. The van der Waals surface area contributed by atoms with Gasteiger partial charge < -0.3 is 10.4 Å². The maximum absolute atomic E-state index is 14.9. The van der Waals surface area contributed by atoms with Gasteiger partial charge in [0.25, 0.3) is 0 Å². The topological polar surface area (TPSA) is 58.0 Å². The number of rotatable bonds is 4. The first-order valence-corrected chi connectivity index (χ1v) is 9.85. The maximum atomic E-state index is 14.9. The number of anilines is 1. The highest BCUT2D eigenvalue weighted by Crippen LogP contribution is 2.39. The summed E-state index contributed by atoms with van der Waals surface area (Å²) in [5.41, 5.74) is -0.00539. The Labute approximate surface area is 185 Å². The second-order valence-electron chi connectivity index (χ2n) is 7.21. The van der Waals surface area contributed by atoms with Crippen molar-refractivity contribution in [3.63, 3.8) is 0 Å². The lowest BCUT2D eigenvalue weighted by atomic mass is 9.94. The number of phenolic OH excluding ortho intramolecular Hbond substituents is 1. The SMILES string of the molecule is Cc1cc(NC(c2ccc(C(F)(F)F)cc2F)c2ccc3cccnc3c2O)ncc1Cl. The fraction of sp³-hybridized carbons (Fsp3) is 0.130. The predicted octanol–water partition coefficient (Wildman–Crippen LogP) is 6.66. The van der Waals surface area contributed by atoms with Gasteiger partial charge in [0.15, 0.2) is 0 Å². The van der Waals surface area contributed by atoms with Gasteiger partial charge in [-0.05, 0) is 36.8 Å². The molecule has 0 saturated carbocycles. The molecule has 2 aromatic heterocycles. The van der Waals surface area contributed by atoms with Gasteiger partial charge in [-0.3, -0.25) is 4.98 Å². The molecule has 4 aromatic rings. The Kier molecular flexibility index (Phi) is 5.64. The lowest BCUT2D eigenvalue weighted by molar-refractivity contribution is -0.137. The van der Waals surface area contributed by atoms with Crippen LogP contribution in [0.3, 0.4) is 0 Å². The lowest BCUT2D eigenvalue weighted by Crippen LogP contribution is -2.16. The molecule has 0 spiro atoms. The van der Waals surface area contributed by atoms with Gasteiger partial charge in [-0.15, -0.1) is 0 Å². The number of phenols is 1. The van der Waals surface area contributed by atoms with Crippen molar-refractivity contribution < 1.29 is 22.7 Å². The molecule has 164 valence electrons. The van der Waals surface area contributed by atoms with Crippen LogP contribution in [0.25, 0.3) is 10.9 Å². The molecule has 0 aliphatic rings. The number of hydrogen-bond donors (Lipinski definition) is 2. The van der Waals surface area contributed by atoms with Gasteiger partial charge in [0.1, 0.15) is 22.9 Å². The van der Waals surface area contributed by atoms with E-state index in [4.69, 9.17) is 11.6 Å². The molecule has 2 aromatic carbocycles. The van der Waals surface area contributed by atoms with Crippen molar-refractivity contribution in [3.8, 4) is 5.75 Å². The number of aromatic nitrogens is 2. The van der Waals surface area contributed by atoms with Crippen LogP contribution in [0.15, 0.2) is 60.9 Å². The van der Waals surface area contributed by atoms with Crippen LogP contribution in [0.1, 0.15) is 28.3 Å². The van der Waals surface area contributed by atoms with Crippen LogP contribution in [-0.4, -0.2) is 15.1 Å². The molecule has 4 rings (SSSR count). The molecule has 1 atom stereocenters. The Morgan fingerprint density at radius 3 is 2.47 bits per heavy atom. The van der Waals surface area contributed by atoms with Crippen molar-refractivity contribution in [3.05, 3.63) is 94.0 Å². The molecule has 9 heteroatoms. The van der Waals surface area contributed by atoms with Gasteiger partial charge in [-0.25, -0.2) is 9.37 Å². The molecular weight excluding hydrogens is 446 g/mol. The van der Waals surface area contributed by atoms with Crippen LogP contribution in [0, 0.1) is 12.7 Å². The van der Waals surface area contributed by atoms with Gasteiger partial charge in [0.2, 0.25) is 0 Å². The number of pyridine rings is 2. The van der Waals surface area contributed by atoms with Crippen LogP contribution in [-0.2, 0) is 6.18 Å². The van der Waals surface area contributed by atoms with Crippen LogP contribution < -0.4 is 5.32 Å². The average Bonchev–Trinajstić information content (AvgIpc) is 2.75. The number of nitrogens with zero attached hydrogens (tertiary/aromatic N) is 2. The molecule has 0 aliphatic carbocycles. The molecule has 0 fully saturated rings. The molecular formula is C23H16ClF4N3O.